The summed E-state index contributed by atoms with van der Waals surface area (Å²) < 4.78 is 5.14. The third-order valence-corrected chi connectivity index (χ3v) is 5.85. The number of nitrogens with one attached hydrogen (secondary N) is 1. The van der Waals surface area contributed by atoms with Gasteiger partial charge in [-0.2, -0.15) is 0 Å². The van der Waals surface area contributed by atoms with E-state index in [1.807, 2.05) is 16.8 Å². The molecular formula is C15H24N2OS. The van der Waals surface area contributed by atoms with Gasteiger partial charge >= 0.3 is 0 Å². The topological polar surface area (TPSA) is 34.1 Å². The van der Waals surface area contributed by atoms with Gasteiger partial charge in [0.25, 0.3) is 0 Å². The number of fused-ring (bicyclic) bond motifs is 2. The first-order chi connectivity index (χ1) is 9.32. The molecule has 106 valence electrons. The first kappa shape index (κ1) is 13.5. The van der Waals surface area contributed by atoms with Crippen LogP contribution in [0.25, 0.3) is 0 Å². The van der Waals surface area contributed by atoms with E-state index in [-0.39, 0.29) is 0 Å². The van der Waals surface area contributed by atoms with Crippen LogP contribution in [-0.2, 0) is 11.2 Å². The van der Waals surface area contributed by atoms with E-state index in [1.165, 1.54) is 37.0 Å². The number of ether oxygens (including phenoxy) is 1. The van der Waals surface area contributed by atoms with Crippen molar-refractivity contribution in [2.24, 2.45) is 17.3 Å². The first-order valence-electron chi connectivity index (χ1n) is 7.39. The van der Waals surface area contributed by atoms with Crippen LogP contribution in [0.2, 0.25) is 0 Å². The van der Waals surface area contributed by atoms with Crippen LogP contribution in [0, 0.1) is 17.3 Å². The lowest BCUT2D eigenvalue weighted by Gasteiger charge is -2.38. The van der Waals surface area contributed by atoms with Crippen molar-refractivity contribution in [1.82, 2.24) is 10.3 Å². The molecule has 2 saturated carbocycles. The lowest BCUT2D eigenvalue weighted by atomic mass is 9.70. The second-order valence-corrected chi connectivity index (χ2v) is 7.23. The fourth-order valence-corrected chi connectivity index (χ4v) is 4.99. The van der Waals surface area contributed by atoms with Gasteiger partial charge in [0.2, 0.25) is 0 Å². The van der Waals surface area contributed by atoms with Crippen molar-refractivity contribution in [3.8, 4) is 0 Å². The van der Waals surface area contributed by atoms with Crippen molar-refractivity contribution < 1.29 is 4.74 Å². The predicted molar refractivity (Wildman–Crippen MR) is 78.4 cm³/mol. The maximum atomic E-state index is 5.14. The Bertz CT molecular complexity index is 395. The van der Waals surface area contributed by atoms with Gasteiger partial charge in [-0.1, -0.05) is 6.42 Å². The summed E-state index contributed by atoms with van der Waals surface area (Å²) in [7, 11) is 1.77. The maximum absolute atomic E-state index is 5.14. The van der Waals surface area contributed by atoms with Gasteiger partial charge in [-0.15, -0.1) is 11.3 Å². The van der Waals surface area contributed by atoms with Crippen LogP contribution in [0.5, 0.6) is 0 Å². The molecule has 1 heterocycles. The molecule has 19 heavy (non-hydrogen) atoms. The smallest absolute Gasteiger partial charge is 0.0794 e. The minimum Gasteiger partial charge on any atom is -0.383 e. The highest BCUT2D eigenvalue weighted by atomic mass is 32.1. The Balaban J connectivity index is 1.65. The standard InChI is InChI=1S/C15H24N2OS/c1-18-5-4-16-10-15(8-14-9-17-11-19-14)7-12-2-3-13(15)6-12/h9,11-13,16H,2-8,10H2,1H3. The van der Waals surface area contributed by atoms with Crippen LogP contribution >= 0.6 is 11.3 Å². The fourth-order valence-electron chi connectivity index (χ4n) is 4.24. The van der Waals surface area contributed by atoms with Crippen molar-refractivity contribution in [1.29, 1.82) is 0 Å². The Morgan fingerprint density at radius 3 is 3.11 bits per heavy atom. The van der Waals surface area contributed by atoms with Gasteiger partial charge in [0.15, 0.2) is 0 Å². The summed E-state index contributed by atoms with van der Waals surface area (Å²) in [6.45, 7) is 2.93. The van der Waals surface area contributed by atoms with Crippen molar-refractivity contribution >= 4 is 11.3 Å². The molecule has 0 saturated heterocycles. The largest absolute Gasteiger partial charge is 0.383 e. The molecule has 2 bridgehead atoms. The molecule has 0 radical (unpaired) electrons. The lowest BCUT2D eigenvalue weighted by Crippen LogP contribution is -2.41. The molecule has 3 nitrogen and oxygen atoms in total. The summed E-state index contributed by atoms with van der Waals surface area (Å²) in [5, 5.41) is 3.63. The minimum atomic E-state index is 0.489. The van der Waals surface area contributed by atoms with Crippen molar-refractivity contribution in [2.45, 2.75) is 32.1 Å². The molecule has 3 rings (SSSR count). The molecule has 3 atom stereocenters. The van der Waals surface area contributed by atoms with Crippen LogP contribution in [0.4, 0.5) is 0 Å². The van der Waals surface area contributed by atoms with E-state index in [0.717, 1.165) is 31.5 Å². The van der Waals surface area contributed by atoms with Crippen molar-refractivity contribution in [2.75, 3.05) is 26.8 Å². The van der Waals surface area contributed by atoms with E-state index >= 15 is 0 Å². The summed E-state index contributed by atoms with van der Waals surface area (Å²) in [4.78, 5) is 5.70. The van der Waals surface area contributed by atoms with Gasteiger partial charge in [0, 0.05) is 31.3 Å². The number of hydrogen-bond acceptors (Lipinski definition) is 4. The monoisotopic (exact) mass is 280 g/mol. The Labute approximate surface area is 119 Å². The second kappa shape index (κ2) is 5.90. The summed E-state index contributed by atoms with van der Waals surface area (Å²) in [6.07, 6.45) is 9.06. The minimum absolute atomic E-state index is 0.489. The summed E-state index contributed by atoms with van der Waals surface area (Å²) in [5.74, 6) is 1.91. The highest BCUT2D eigenvalue weighted by Gasteiger charge is 2.50. The number of methoxy groups -OCH3 is 1. The normalized spacial score (nSPS) is 33.1. The van der Waals surface area contributed by atoms with Crippen LogP contribution in [0.1, 0.15) is 30.6 Å². The Hall–Kier alpha value is -0.450. The lowest BCUT2D eigenvalue weighted by molar-refractivity contribution is 0.146. The van der Waals surface area contributed by atoms with Gasteiger partial charge in [-0.05, 0) is 42.9 Å². The molecule has 2 aliphatic carbocycles. The average molecular weight is 280 g/mol. The molecule has 4 heteroatoms. The quantitative estimate of drug-likeness (QED) is 0.780. The first-order valence-corrected chi connectivity index (χ1v) is 8.27. The highest BCUT2D eigenvalue weighted by molar-refractivity contribution is 7.09. The van der Waals surface area contributed by atoms with Crippen molar-refractivity contribution in [3.63, 3.8) is 0 Å². The van der Waals surface area contributed by atoms with E-state index in [4.69, 9.17) is 4.74 Å². The molecular weight excluding hydrogens is 256 g/mol. The third kappa shape index (κ3) is 2.86. The molecule has 0 aromatic carbocycles. The van der Waals surface area contributed by atoms with Crippen LogP contribution in [0.3, 0.4) is 0 Å². The second-order valence-electron chi connectivity index (χ2n) is 6.26. The zero-order chi connectivity index (χ0) is 13.1. The zero-order valence-electron chi connectivity index (χ0n) is 11.7. The molecule has 0 aliphatic heterocycles. The molecule has 1 aromatic rings. The number of hydrogen-bond donors (Lipinski definition) is 1. The van der Waals surface area contributed by atoms with E-state index in [2.05, 4.69) is 16.5 Å². The third-order valence-electron chi connectivity index (χ3n) is 5.07. The summed E-state index contributed by atoms with van der Waals surface area (Å²) in [6, 6.07) is 0. The maximum Gasteiger partial charge on any atom is 0.0794 e. The van der Waals surface area contributed by atoms with E-state index in [0.29, 0.717) is 5.41 Å². The molecule has 0 spiro atoms. The highest BCUT2D eigenvalue weighted by Crippen LogP contribution is 2.57. The van der Waals surface area contributed by atoms with Crippen LogP contribution in [0.15, 0.2) is 11.7 Å². The Morgan fingerprint density at radius 2 is 2.47 bits per heavy atom. The van der Waals surface area contributed by atoms with Gasteiger partial charge in [-0.25, -0.2) is 0 Å². The van der Waals surface area contributed by atoms with Gasteiger partial charge in [0.05, 0.1) is 12.1 Å². The Morgan fingerprint density at radius 1 is 1.53 bits per heavy atom. The molecule has 2 fully saturated rings. The van der Waals surface area contributed by atoms with E-state index in [1.54, 1.807) is 7.11 Å². The molecule has 1 aromatic heterocycles. The van der Waals surface area contributed by atoms with Crippen LogP contribution < -0.4 is 5.32 Å². The molecule has 1 N–H and O–H groups in total. The van der Waals surface area contributed by atoms with Gasteiger partial charge in [0.1, 0.15) is 0 Å². The van der Waals surface area contributed by atoms with Gasteiger partial charge < -0.3 is 10.1 Å². The Kier molecular flexibility index (Phi) is 4.20. The number of aromatic nitrogens is 1. The molecule has 0 amide bonds. The van der Waals surface area contributed by atoms with Crippen molar-refractivity contribution in [3.05, 3.63) is 16.6 Å². The summed E-state index contributed by atoms with van der Waals surface area (Å²) >= 11 is 1.82. The number of thiazole rings is 1. The number of nitrogens with zero attached hydrogens (tertiary/aromatic N) is 1. The zero-order valence-corrected chi connectivity index (χ0v) is 12.5. The van der Waals surface area contributed by atoms with Crippen LogP contribution in [-0.4, -0.2) is 31.8 Å². The predicted octanol–water partition coefficient (Wildman–Crippen LogP) is 2.73. The molecule has 2 aliphatic rings. The summed E-state index contributed by atoms with van der Waals surface area (Å²) in [5.41, 5.74) is 2.46. The molecule has 3 unspecified atom stereocenters. The van der Waals surface area contributed by atoms with E-state index < -0.39 is 0 Å². The number of rotatable bonds is 7. The van der Waals surface area contributed by atoms with Gasteiger partial charge in [-0.3, -0.25) is 4.98 Å². The fraction of sp³-hybridized carbons (Fsp3) is 0.800. The van der Waals surface area contributed by atoms with E-state index in [9.17, 15) is 0 Å². The SMILES string of the molecule is COCCNCC1(Cc2cncs2)CC2CCC1C2. The average Bonchev–Trinajstić information content (AvgIpc) is 3.11.